The van der Waals surface area contributed by atoms with Gasteiger partial charge in [-0.25, -0.2) is 4.98 Å². The maximum absolute atomic E-state index is 13.2. The number of carbonyl (C=O) groups excluding carboxylic acids is 2. The SMILES string of the molecule is C/C(=C\c1csc(C)n1)[C@@H]1C[C@H]2[C@@H](CCC[C@H](C)C(O)[C@@H](C)C(=O)C(C)(C)[C@@H](O)CC(=O)O1)N2C. The lowest BCUT2D eigenvalue weighted by Gasteiger charge is -2.34. The molecule has 2 aliphatic rings. The molecular weight excluding hydrogens is 464 g/mol. The van der Waals surface area contributed by atoms with Crippen molar-refractivity contribution in [3.8, 4) is 0 Å². The van der Waals surface area contributed by atoms with Gasteiger partial charge in [0.05, 0.1) is 34.7 Å². The van der Waals surface area contributed by atoms with E-state index < -0.39 is 35.6 Å². The first-order valence-corrected chi connectivity index (χ1v) is 13.6. The molecule has 1 aromatic rings. The van der Waals surface area contributed by atoms with Crippen LogP contribution in [-0.4, -0.2) is 69.3 Å². The van der Waals surface area contributed by atoms with Gasteiger partial charge < -0.3 is 14.9 Å². The summed E-state index contributed by atoms with van der Waals surface area (Å²) in [7, 11) is 2.09. The standard InChI is InChI=1S/C27H42N2O5S/c1-15-9-8-10-20-21(29(20)7)12-22(16(2)11-19-14-35-18(4)28-19)34-24(31)13-23(30)27(5,6)26(33)17(3)25(15)32/h11,14-15,17,20-23,25,30,32H,8-10,12-13H2,1-7H3/b16-11+/t15-,17+,20+,21-,22-,23-,25?,29?/m0/s1. The summed E-state index contributed by atoms with van der Waals surface area (Å²) in [5.74, 6) is -1.42. The molecule has 0 aliphatic carbocycles. The number of nitrogens with zero attached hydrogens (tertiary/aromatic N) is 2. The zero-order valence-electron chi connectivity index (χ0n) is 22.2. The number of aromatic nitrogens is 1. The van der Waals surface area contributed by atoms with Gasteiger partial charge in [0.25, 0.3) is 0 Å². The van der Waals surface area contributed by atoms with Gasteiger partial charge in [0, 0.05) is 29.8 Å². The van der Waals surface area contributed by atoms with Crippen LogP contribution in [0.1, 0.15) is 77.4 Å². The van der Waals surface area contributed by atoms with Crippen LogP contribution in [0, 0.1) is 24.2 Å². The van der Waals surface area contributed by atoms with Crippen LogP contribution in [0.4, 0.5) is 0 Å². The van der Waals surface area contributed by atoms with Crippen molar-refractivity contribution in [2.75, 3.05) is 7.05 Å². The molecule has 0 bridgehead atoms. The van der Waals surface area contributed by atoms with E-state index in [9.17, 15) is 19.8 Å². The third-order valence-electron chi connectivity index (χ3n) is 8.15. The minimum Gasteiger partial charge on any atom is -0.458 e. The zero-order valence-corrected chi connectivity index (χ0v) is 23.0. The molecule has 1 aromatic heterocycles. The van der Waals surface area contributed by atoms with E-state index in [2.05, 4.69) is 16.9 Å². The number of hydrogen-bond donors (Lipinski definition) is 2. The smallest absolute Gasteiger partial charge is 0.309 e. The summed E-state index contributed by atoms with van der Waals surface area (Å²) in [6, 6.07) is 0.717. The van der Waals surface area contributed by atoms with E-state index in [1.165, 1.54) is 0 Å². The molecule has 3 rings (SSSR count). The fraction of sp³-hybridized carbons (Fsp3) is 0.741. The third kappa shape index (κ3) is 6.59. The summed E-state index contributed by atoms with van der Waals surface area (Å²) in [4.78, 5) is 33.0. The molecule has 0 saturated carbocycles. The predicted octanol–water partition coefficient (Wildman–Crippen LogP) is 4.00. The highest BCUT2D eigenvalue weighted by atomic mass is 32.1. The van der Waals surface area contributed by atoms with Gasteiger partial charge in [-0.05, 0) is 51.3 Å². The van der Waals surface area contributed by atoms with Gasteiger partial charge in [-0.2, -0.15) is 0 Å². The molecule has 2 N–H and O–H groups in total. The van der Waals surface area contributed by atoms with Gasteiger partial charge in [0.15, 0.2) is 0 Å². The number of thiazole rings is 1. The summed E-state index contributed by atoms with van der Waals surface area (Å²) < 4.78 is 5.92. The summed E-state index contributed by atoms with van der Waals surface area (Å²) in [6.45, 7) is 10.9. The van der Waals surface area contributed by atoms with Gasteiger partial charge in [-0.15, -0.1) is 11.3 Å². The maximum atomic E-state index is 13.2. The van der Waals surface area contributed by atoms with Crippen LogP contribution in [0.3, 0.4) is 0 Å². The maximum Gasteiger partial charge on any atom is 0.309 e. The molecule has 35 heavy (non-hydrogen) atoms. The van der Waals surface area contributed by atoms with Crippen molar-refractivity contribution < 1.29 is 24.5 Å². The number of Topliss-reactive ketones (excluding diaryl/α,β-unsaturated/α-hetero) is 1. The molecular formula is C27H42N2O5S. The number of carbonyl (C=O) groups is 2. The van der Waals surface area contributed by atoms with Gasteiger partial charge in [0.2, 0.25) is 0 Å². The van der Waals surface area contributed by atoms with Crippen molar-refractivity contribution in [1.29, 1.82) is 0 Å². The lowest BCUT2D eigenvalue weighted by molar-refractivity contribution is -0.154. The fourth-order valence-electron chi connectivity index (χ4n) is 5.35. The van der Waals surface area contributed by atoms with Crippen LogP contribution in [0.2, 0.25) is 0 Å². The molecule has 196 valence electrons. The predicted molar refractivity (Wildman–Crippen MR) is 138 cm³/mol. The summed E-state index contributed by atoms with van der Waals surface area (Å²) >= 11 is 1.58. The van der Waals surface area contributed by atoms with Crippen LogP contribution < -0.4 is 0 Å². The average Bonchev–Trinajstić information content (AvgIpc) is 3.18. The first kappa shape index (κ1) is 28.0. The molecule has 0 aromatic carbocycles. The number of ether oxygens (including phenoxy) is 1. The van der Waals surface area contributed by atoms with Gasteiger partial charge in [-0.1, -0.05) is 34.1 Å². The van der Waals surface area contributed by atoms with Crippen LogP contribution in [-0.2, 0) is 14.3 Å². The molecule has 7 nitrogen and oxygen atoms in total. The fourth-order valence-corrected chi connectivity index (χ4v) is 5.92. The molecule has 0 amide bonds. The number of aryl methyl sites for hydroxylation is 1. The Morgan fingerprint density at radius 1 is 1.23 bits per heavy atom. The summed E-state index contributed by atoms with van der Waals surface area (Å²) in [5.41, 5.74) is 0.581. The first-order chi connectivity index (χ1) is 16.3. The average molecular weight is 507 g/mol. The Kier molecular flexibility index (Phi) is 8.95. The number of hydrogen-bond acceptors (Lipinski definition) is 8. The number of ketones is 1. The topological polar surface area (TPSA) is 99.7 Å². The van der Waals surface area contributed by atoms with Crippen molar-refractivity contribution >= 4 is 29.2 Å². The van der Waals surface area contributed by atoms with E-state index in [-0.39, 0.29) is 18.1 Å². The lowest BCUT2D eigenvalue weighted by Crippen LogP contribution is -2.45. The molecule has 8 heteroatoms. The first-order valence-electron chi connectivity index (χ1n) is 12.7. The van der Waals surface area contributed by atoms with Crippen LogP contribution in [0.5, 0.6) is 0 Å². The number of rotatable bonds is 2. The number of aliphatic hydroxyl groups is 2. The zero-order chi connectivity index (χ0) is 26.1. The van der Waals surface area contributed by atoms with Gasteiger partial charge >= 0.3 is 5.97 Å². The van der Waals surface area contributed by atoms with Crippen molar-refractivity contribution in [3.63, 3.8) is 0 Å². The Labute approximate surface area is 213 Å². The number of cyclic esters (lactones) is 1. The van der Waals surface area contributed by atoms with Crippen LogP contribution >= 0.6 is 11.3 Å². The monoisotopic (exact) mass is 506 g/mol. The van der Waals surface area contributed by atoms with Gasteiger partial charge in [0.1, 0.15) is 11.9 Å². The highest BCUT2D eigenvalue weighted by Crippen LogP contribution is 2.38. The Hall–Kier alpha value is -1.61. The number of esters is 1. The van der Waals surface area contributed by atoms with Crippen molar-refractivity contribution in [1.82, 2.24) is 9.88 Å². The Morgan fingerprint density at radius 3 is 2.54 bits per heavy atom. The van der Waals surface area contributed by atoms with Crippen molar-refractivity contribution in [2.45, 2.75) is 104 Å². The quantitative estimate of drug-likeness (QED) is 0.462. The normalized spacial score (nSPS) is 37.5. The van der Waals surface area contributed by atoms with E-state index in [4.69, 9.17) is 4.74 Å². The highest BCUT2D eigenvalue weighted by molar-refractivity contribution is 7.09. The molecule has 2 aliphatic heterocycles. The minimum absolute atomic E-state index is 0.0261. The van der Waals surface area contributed by atoms with E-state index in [0.29, 0.717) is 18.5 Å². The molecule has 0 radical (unpaired) electrons. The van der Waals surface area contributed by atoms with Crippen molar-refractivity contribution in [3.05, 3.63) is 21.7 Å². The highest BCUT2D eigenvalue weighted by Gasteiger charge is 2.46. The van der Waals surface area contributed by atoms with E-state index in [1.807, 2.05) is 32.2 Å². The van der Waals surface area contributed by atoms with E-state index >= 15 is 0 Å². The number of likely N-dealkylation sites (N-methyl/N-ethyl adjacent to an activating group) is 1. The molecule has 3 heterocycles. The molecule has 2 unspecified atom stereocenters. The van der Waals surface area contributed by atoms with Crippen LogP contribution in [0.15, 0.2) is 11.0 Å². The number of fused-ring (bicyclic) bond motifs is 1. The molecule has 2 saturated heterocycles. The van der Waals surface area contributed by atoms with Crippen LogP contribution in [0.25, 0.3) is 6.08 Å². The Balaban J connectivity index is 1.85. The lowest BCUT2D eigenvalue weighted by atomic mass is 9.73. The largest absolute Gasteiger partial charge is 0.458 e. The third-order valence-corrected chi connectivity index (χ3v) is 8.94. The summed E-state index contributed by atoms with van der Waals surface area (Å²) in [6.07, 6.45) is 2.72. The summed E-state index contributed by atoms with van der Waals surface area (Å²) in [5, 5.41) is 24.7. The minimum atomic E-state index is -1.21. The Morgan fingerprint density at radius 2 is 1.91 bits per heavy atom. The number of aliphatic hydroxyl groups excluding tert-OH is 2. The molecule has 8 atom stereocenters. The Bertz CT molecular complexity index is 942. The second kappa shape index (κ2) is 11.2. The van der Waals surface area contributed by atoms with E-state index in [1.54, 1.807) is 32.1 Å². The second-order valence-electron chi connectivity index (χ2n) is 11.2. The second-order valence-corrected chi connectivity index (χ2v) is 12.2. The van der Waals surface area contributed by atoms with Crippen molar-refractivity contribution in [2.24, 2.45) is 17.3 Å². The molecule has 0 spiro atoms. The van der Waals surface area contributed by atoms with E-state index in [0.717, 1.165) is 35.5 Å². The van der Waals surface area contributed by atoms with Gasteiger partial charge in [-0.3, -0.25) is 14.5 Å². The molecule has 2 fully saturated rings.